The van der Waals surface area contributed by atoms with Crippen LogP contribution in [0.5, 0.6) is 0 Å². The van der Waals surface area contributed by atoms with Crippen molar-refractivity contribution in [1.82, 2.24) is 5.32 Å². The topological polar surface area (TPSA) is 55.1 Å². The normalized spacial score (nSPS) is 28.8. The van der Waals surface area contributed by atoms with Crippen molar-refractivity contribution in [2.24, 2.45) is 17.1 Å². The molecule has 1 aliphatic carbocycles. The van der Waals surface area contributed by atoms with Gasteiger partial charge < -0.3 is 11.1 Å². The van der Waals surface area contributed by atoms with E-state index in [0.29, 0.717) is 4.99 Å². The van der Waals surface area contributed by atoms with Crippen LogP contribution in [0.25, 0.3) is 0 Å². The predicted molar refractivity (Wildman–Crippen MR) is 79.4 cm³/mol. The summed E-state index contributed by atoms with van der Waals surface area (Å²) in [6.07, 6.45) is 5.14. The Bertz CT molecular complexity index is 325. The lowest BCUT2D eigenvalue weighted by molar-refractivity contribution is -0.130. The van der Waals surface area contributed by atoms with Crippen molar-refractivity contribution in [1.29, 1.82) is 0 Å². The molecule has 18 heavy (non-hydrogen) atoms. The van der Waals surface area contributed by atoms with Gasteiger partial charge >= 0.3 is 0 Å². The van der Waals surface area contributed by atoms with Gasteiger partial charge in [0.05, 0.1) is 10.5 Å². The third-order valence-corrected chi connectivity index (χ3v) is 4.43. The standard InChI is InChI=1S/C14H26N2OS/c1-5-10-6-8-14(9-7-10,11(15)18)16-12(17)13(2,3)4/h10H,5-9H2,1-4H3,(H2,15,18)(H,16,17). The molecule has 0 bridgehead atoms. The number of carbonyl (C=O) groups excluding carboxylic acids is 1. The van der Waals surface area contributed by atoms with Crippen LogP contribution in [0.1, 0.15) is 59.8 Å². The summed E-state index contributed by atoms with van der Waals surface area (Å²) in [5, 5.41) is 3.11. The number of nitrogens with one attached hydrogen (secondary N) is 1. The van der Waals surface area contributed by atoms with E-state index in [0.717, 1.165) is 31.6 Å². The molecule has 0 radical (unpaired) electrons. The van der Waals surface area contributed by atoms with Gasteiger partial charge in [-0.3, -0.25) is 4.79 Å². The van der Waals surface area contributed by atoms with E-state index in [4.69, 9.17) is 18.0 Å². The molecule has 0 unspecified atom stereocenters. The minimum Gasteiger partial charge on any atom is -0.391 e. The highest BCUT2D eigenvalue weighted by Gasteiger charge is 2.40. The van der Waals surface area contributed by atoms with E-state index in [9.17, 15) is 4.79 Å². The summed E-state index contributed by atoms with van der Waals surface area (Å²) in [6.45, 7) is 7.94. The summed E-state index contributed by atoms with van der Waals surface area (Å²) < 4.78 is 0. The van der Waals surface area contributed by atoms with Crippen molar-refractivity contribution in [2.75, 3.05) is 0 Å². The third-order valence-electron chi connectivity index (χ3n) is 4.04. The minimum atomic E-state index is -0.453. The second-order valence-electron chi connectivity index (χ2n) is 6.50. The Morgan fingerprint density at radius 3 is 2.22 bits per heavy atom. The minimum absolute atomic E-state index is 0.0326. The average Bonchev–Trinajstić information content (AvgIpc) is 2.28. The zero-order valence-corrected chi connectivity index (χ0v) is 12.8. The quantitative estimate of drug-likeness (QED) is 0.775. The zero-order valence-electron chi connectivity index (χ0n) is 12.0. The first-order chi connectivity index (χ1) is 8.21. The smallest absolute Gasteiger partial charge is 0.226 e. The maximum atomic E-state index is 12.2. The second kappa shape index (κ2) is 5.55. The Morgan fingerprint density at radius 2 is 1.89 bits per heavy atom. The second-order valence-corrected chi connectivity index (χ2v) is 6.94. The van der Waals surface area contributed by atoms with Gasteiger partial charge in [0.15, 0.2) is 0 Å². The highest BCUT2D eigenvalue weighted by Crippen LogP contribution is 2.34. The molecule has 0 saturated heterocycles. The number of nitrogens with two attached hydrogens (primary N) is 1. The van der Waals surface area contributed by atoms with Crippen molar-refractivity contribution in [3.05, 3.63) is 0 Å². The van der Waals surface area contributed by atoms with Gasteiger partial charge in [0.1, 0.15) is 0 Å². The molecule has 1 aliphatic rings. The summed E-state index contributed by atoms with van der Waals surface area (Å²) >= 11 is 5.21. The van der Waals surface area contributed by atoms with E-state index in [1.165, 1.54) is 6.42 Å². The van der Waals surface area contributed by atoms with E-state index in [2.05, 4.69) is 12.2 Å². The Morgan fingerprint density at radius 1 is 1.39 bits per heavy atom. The average molecular weight is 270 g/mol. The summed E-state index contributed by atoms with van der Waals surface area (Å²) in [7, 11) is 0. The maximum absolute atomic E-state index is 12.2. The van der Waals surface area contributed by atoms with Crippen molar-refractivity contribution in [3.8, 4) is 0 Å². The van der Waals surface area contributed by atoms with Crippen LogP contribution in [0.4, 0.5) is 0 Å². The van der Waals surface area contributed by atoms with Gasteiger partial charge in [-0.05, 0) is 31.6 Å². The molecule has 4 heteroatoms. The molecule has 0 aliphatic heterocycles. The molecule has 0 aromatic heterocycles. The summed E-state index contributed by atoms with van der Waals surface area (Å²) in [5.74, 6) is 0.782. The van der Waals surface area contributed by atoms with Crippen LogP contribution < -0.4 is 11.1 Å². The van der Waals surface area contributed by atoms with Crippen LogP contribution in [0.15, 0.2) is 0 Å². The van der Waals surface area contributed by atoms with Gasteiger partial charge in [-0.1, -0.05) is 46.3 Å². The Balaban J connectivity index is 2.78. The molecule has 1 saturated carbocycles. The number of hydrogen-bond donors (Lipinski definition) is 2. The first-order valence-electron chi connectivity index (χ1n) is 6.84. The molecule has 0 aromatic rings. The molecule has 3 nitrogen and oxygen atoms in total. The summed E-state index contributed by atoms with van der Waals surface area (Å²) in [6, 6.07) is 0. The SMILES string of the molecule is CCC1CCC(NC(=O)C(C)(C)C)(C(N)=S)CC1. The molecule has 1 rings (SSSR count). The van der Waals surface area contributed by atoms with Crippen LogP contribution in [0.3, 0.4) is 0 Å². The van der Waals surface area contributed by atoms with Gasteiger partial charge in [0.2, 0.25) is 5.91 Å². The van der Waals surface area contributed by atoms with Crippen LogP contribution in [-0.4, -0.2) is 16.4 Å². The molecular weight excluding hydrogens is 244 g/mol. The van der Waals surface area contributed by atoms with Crippen molar-refractivity contribution in [2.45, 2.75) is 65.3 Å². The van der Waals surface area contributed by atoms with Gasteiger partial charge in [-0.2, -0.15) is 0 Å². The lowest BCUT2D eigenvalue weighted by atomic mass is 9.75. The van der Waals surface area contributed by atoms with Crippen molar-refractivity contribution in [3.63, 3.8) is 0 Å². The lowest BCUT2D eigenvalue weighted by Gasteiger charge is -2.41. The molecule has 3 N–H and O–H groups in total. The fraction of sp³-hybridized carbons (Fsp3) is 0.857. The fourth-order valence-electron chi connectivity index (χ4n) is 2.42. The number of amides is 1. The summed E-state index contributed by atoms with van der Waals surface area (Å²) in [4.78, 5) is 12.6. The number of carbonyl (C=O) groups is 1. The number of hydrogen-bond acceptors (Lipinski definition) is 2. The van der Waals surface area contributed by atoms with Gasteiger partial charge in [0.25, 0.3) is 0 Å². The van der Waals surface area contributed by atoms with Gasteiger partial charge in [-0.25, -0.2) is 0 Å². The van der Waals surface area contributed by atoms with E-state index in [1.54, 1.807) is 0 Å². The molecule has 0 atom stereocenters. The largest absolute Gasteiger partial charge is 0.391 e. The summed E-state index contributed by atoms with van der Waals surface area (Å²) in [5.41, 5.74) is 5.04. The molecular formula is C14H26N2OS. The predicted octanol–water partition coefficient (Wildman–Crippen LogP) is 2.77. The fourth-order valence-corrected chi connectivity index (χ4v) is 2.67. The maximum Gasteiger partial charge on any atom is 0.226 e. The van der Waals surface area contributed by atoms with E-state index in [1.807, 2.05) is 20.8 Å². The van der Waals surface area contributed by atoms with E-state index in [-0.39, 0.29) is 5.91 Å². The molecule has 104 valence electrons. The number of thiocarbonyl (C=S) groups is 1. The lowest BCUT2D eigenvalue weighted by Crippen LogP contribution is -2.60. The van der Waals surface area contributed by atoms with Gasteiger partial charge in [0, 0.05) is 5.41 Å². The third kappa shape index (κ3) is 3.44. The molecule has 0 heterocycles. The van der Waals surface area contributed by atoms with Crippen LogP contribution in [0.2, 0.25) is 0 Å². The van der Waals surface area contributed by atoms with Crippen LogP contribution in [-0.2, 0) is 4.79 Å². The molecule has 0 aromatic carbocycles. The molecule has 1 fully saturated rings. The molecule has 1 amide bonds. The number of rotatable bonds is 3. The Kier molecular flexibility index (Phi) is 4.76. The Labute approximate surface area is 116 Å². The van der Waals surface area contributed by atoms with E-state index < -0.39 is 11.0 Å². The monoisotopic (exact) mass is 270 g/mol. The first-order valence-corrected chi connectivity index (χ1v) is 7.24. The van der Waals surface area contributed by atoms with Crippen LogP contribution in [0, 0.1) is 11.3 Å². The highest BCUT2D eigenvalue weighted by molar-refractivity contribution is 7.80. The molecule has 0 spiro atoms. The van der Waals surface area contributed by atoms with Crippen molar-refractivity contribution >= 4 is 23.1 Å². The zero-order chi connectivity index (χ0) is 14.0. The Hall–Kier alpha value is -0.640. The first kappa shape index (κ1) is 15.4. The van der Waals surface area contributed by atoms with Crippen molar-refractivity contribution < 1.29 is 4.79 Å². The van der Waals surface area contributed by atoms with Gasteiger partial charge in [-0.15, -0.1) is 0 Å². The highest BCUT2D eigenvalue weighted by atomic mass is 32.1. The van der Waals surface area contributed by atoms with E-state index >= 15 is 0 Å². The van der Waals surface area contributed by atoms with Crippen LogP contribution >= 0.6 is 12.2 Å².